The topological polar surface area (TPSA) is 76.4 Å². The maximum Gasteiger partial charge on any atom is 0.191 e. The molecule has 1 aliphatic rings. The van der Waals surface area contributed by atoms with Crippen LogP contribution in [0.15, 0.2) is 4.99 Å². The smallest absolute Gasteiger partial charge is 0.191 e. The second-order valence-corrected chi connectivity index (χ2v) is 7.98. The fraction of sp³-hybridized carbons (Fsp3) is 0.842. The molecule has 0 saturated heterocycles. The van der Waals surface area contributed by atoms with Gasteiger partial charge in [0.25, 0.3) is 0 Å². The minimum absolute atomic E-state index is 0. The number of nitrogens with zero attached hydrogens (tertiary/aromatic N) is 4. The molecule has 1 aromatic rings. The van der Waals surface area contributed by atoms with Crippen molar-refractivity contribution in [1.29, 1.82) is 0 Å². The van der Waals surface area contributed by atoms with E-state index in [1.807, 2.05) is 0 Å². The minimum atomic E-state index is 0. The van der Waals surface area contributed by atoms with Crippen LogP contribution in [-0.4, -0.2) is 53.6 Å². The minimum Gasteiger partial charge on any atom is -0.379 e. The van der Waals surface area contributed by atoms with Gasteiger partial charge in [0.2, 0.25) is 0 Å². The Morgan fingerprint density at radius 3 is 2.67 bits per heavy atom. The monoisotopic (exact) mass is 492 g/mol. The van der Waals surface area contributed by atoms with E-state index in [4.69, 9.17) is 9.73 Å². The number of fused-ring (bicyclic) bond motifs is 1. The first-order valence-electron chi connectivity index (χ1n) is 9.91. The standard InChI is InChI=1S/C19H36N6O.HI/c1-6-20-18(22-14-15(26-5)19(2,3)4)21-12-11-17-24-23-16-10-8-7-9-13-25(16)17;/h15H,6-14H2,1-5H3,(H2,20,21,22);1H. The zero-order valence-electron chi connectivity index (χ0n) is 17.5. The number of aromatic nitrogens is 3. The van der Waals surface area contributed by atoms with Crippen molar-refractivity contribution in [2.24, 2.45) is 10.4 Å². The number of aliphatic imine (C=N–C) groups is 1. The SMILES string of the molecule is CCNC(=NCC(OC)C(C)(C)C)NCCc1nnc2n1CCCCC2.I. The van der Waals surface area contributed by atoms with Gasteiger partial charge in [-0.1, -0.05) is 27.2 Å². The average molecular weight is 492 g/mol. The molecule has 0 saturated carbocycles. The predicted molar refractivity (Wildman–Crippen MR) is 121 cm³/mol. The number of methoxy groups -OCH3 is 1. The quantitative estimate of drug-likeness (QED) is 0.348. The number of halogens is 1. The number of rotatable bonds is 7. The van der Waals surface area contributed by atoms with Crippen molar-refractivity contribution in [2.75, 3.05) is 26.7 Å². The number of guanidine groups is 1. The molecule has 2 N–H and O–H groups in total. The number of nitrogens with one attached hydrogen (secondary N) is 2. The first-order chi connectivity index (χ1) is 12.5. The van der Waals surface area contributed by atoms with Crippen LogP contribution in [0.5, 0.6) is 0 Å². The fourth-order valence-corrected chi connectivity index (χ4v) is 3.24. The number of aryl methyl sites for hydroxylation is 1. The van der Waals surface area contributed by atoms with E-state index >= 15 is 0 Å². The van der Waals surface area contributed by atoms with Gasteiger partial charge in [0.05, 0.1) is 12.6 Å². The van der Waals surface area contributed by atoms with Crippen LogP contribution >= 0.6 is 24.0 Å². The summed E-state index contributed by atoms with van der Waals surface area (Å²) in [6.07, 6.45) is 5.72. The third-order valence-electron chi connectivity index (χ3n) is 4.84. The molecule has 1 unspecified atom stereocenters. The Bertz CT molecular complexity index is 581. The summed E-state index contributed by atoms with van der Waals surface area (Å²) in [5, 5.41) is 15.5. The van der Waals surface area contributed by atoms with Crippen molar-refractivity contribution in [3.05, 3.63) is 11.6 Å². The van der Waals surface area contributed by atoms with Crippen molar-refractivity contribution in [3.63, 3.8) is 0 Å². The summed E-state index contributed by atoms with van der Waals surface area (Å²) in [5.41, 5.74) is 0.0642. The number of ether oxygens (including phenoxy) is 1. The van der Waals surface area contributed by atoms with Crippen LogP contribution in [0.4, 0.5) is 0 Å². The molecular weight excluding hydrogens is 455 g/mol. The highest BCUT2D eigenvalue weighted by molar-refractivity contribution is 14.0. The van der Waals surface area contributed by atoms with E-state index in [1.165, 1.54) is 19.3 Å². The summed E-state index contributed by atoms with van der Waals surface area (Å²) in [6, 6.07) is 0. The first-order valence-corrected chi connectivity index (χ1v) is 9.91. The lowest BCUT2D eigenvalue weighted by molar-refractivity contribution is 0.0241. The maximum absolute atomic E-state index is 5.60. The molecular formula is C19H37IN6O. The highest BCUT2D eigenvalue weighted by Crippen LogP contribution is 2.21. The lowest BCUT2D eigenvalue weighted by Gasteiger charge is -2.28. The van der Waals surface area contributed by atoms with Crippen molar-refractivity contribution < 1.29 is 4.74 Å². The van der Waals surface area contributed by atoms with Gasteiger partial charge in [-0.3, -0.25) is 4.99 Å². The third kappa shape index (κ3) is 7.56. The molecule has 1 aromatic heterocycles. The Balaban J connectivity index is 0.00000364. The number of hydrogen-bond acceptors (Lipinski definition) is 4. The molecule has 0 aliphatic carbocycles. The molecule has 0 bridgehead atoms. The second kappa shape index (κ2) is 11.8. The summed E-state index contributed by atoms with van der Waals surface area (Å²) >= 11 is 0. The Morgan fingerprint density at radius 1 is 1.22 bits per heavy atom. The van der Waals surface area contributed by atoms with E-state index in [0.29, 0.717) is 6.54 Å². The van der Waals surface area contributed by atoms with E-state index < -0.39 is 0 Å². The average Bonchev–Trinajstić information content (AvgIpc) is 2.81. The zero-order chi connectivity index (χ0) is 19.0. The molecule has 0 radical (unpaired) electrons. The molecule has 0 amide bonds. The van der Waals surface area contributed by atoms with Crippen LogP contribution in [0, 0.1) is 5.41 Å². The van der Waals surface area contributed by atoms with Gasteiger partial charge in [-0.25, -0.2) is 0 Å². The lowest BCUT2D eigenvalue weighted by Crippen LogP contribution is -2.40. The Morgan fingerprint density at radius 2 is 2.00 bits per heavy atom. The van der Waals surface area contributed by atoms with Gasteiger partial charge in [0, 0.05) is 39.6 Å². The van der Waals surface area contributed by atoms with Gasteiger partial charge in [-0.05, 0) is 25.2 Å². The first kappa shape index (κ1) is 24.1. The van der Waals surface area contributed by atoms with Crippen LogP contribution < -0.4 is 10.6 Å². The van der Waals surface area contributed by atoms with E-state index in [1.54, 1.807) is 7.11 Å². The summed E-state index contributed by atoms with van der Waals surface area (Å²) < 4.78 is 7.90. The van der Waals surface area contributed by atoms with Crippen LogP contribution in [0.25, 0.3) is 0 Å². The summed E-state index contributed by atoms with van der Waals surface area (Å²) in [6.45, 7) is 11.9. The van der Waals surface area contributed by atoms with Gasteiger partial charge in [0.1, 0.15) is 11.6 Å². The normalized spacial score (nSPS) is 16.1. The number of hydrogen-bond donors (Lipinski definition) is 2. The van der Waals surface area contributed by atoms with E-state index in [9.17, 15) is 0 Å². The van der Waals surface area contributed by atoms with Gasteiger partial charge >= 0.3 is 0 Å². The molecule has 2 rings (SSSR count). The van der Waals surface area contributed by atoms with Crippen LogP contribution in [-0.2, 0) is 24.1 Å². The summed E-state index contributed by atoms with van der Waals surface area (Å²) in [4.78, 5) is 4.70. The molecule has 1 atom stereocenters. The molecule has 0 fully saturated rings. The molecule has 0 aromatic carbocycles. The Labute approximate surface area is 181 Å². The largest absolute Gasteiger partial charge is 0.379 e. The van der Waals surface area contributed by atoms with Crippen LogP contribution in [0.3, 0.4) is 0 Å². The van der Waals surface area contributed by atoms with E-state index in [-0.39, 0.29) is 35.5 Å². The van der Waals surface area contributed by atoms with Crippen molar-refractivity contribution in [3.8, 4) is 0 Å². The Kier molecular flexibility index (Phi) is 10.6. The molecule has 0 spiro atoms. The molecule has 7 nitrogen and oxygen atoms in total. The molecule has 156 valence electrons. The van der Waals surface area contributed by atoms with Gasteiger partial charge in [0.15, 0.2) is 5.96 Å². The Hall–Kier alpha value is -0.900. The van der Waals surface area contributed by atoms with E-state index in [0.717, 1.165) is 50.1 Å². The van der Waals surface area contributed by atoms with Crippen molar-refractivity contribution >= 4 is 29.9 Å². The predicted octanol–water partition coefficient (Wildman–Crippen LogP) is 2.78. The van der Waals surface area contributed by atoms with Gasteiger partial charge in [-0.2, -0.15) is 0 Å². The molecule has 2 heterocycles. The second-order valence-electron chi connectivity index (χ2n) is 7.98. The molecule has 1 aliphatic heterocycles. The maximum atomic E-state index is 5.60. The van der Waals surface area contributed by atoms with E-state index in [2.05, 4.69) is 53.1 Å². The van der Waals surface area contributed by atoms with Gasteiger partial charge < -0.3 is 19.9 Å². The molecule has 27 heavy (non-hydrogen) atoms. The fourth-order valence-electron chi connectivity index (χ4n) is 3.24. The van der Waals surface area contributed by atoms with Crippen LogP contribution in [0.2, 0.25) is 0 Å². The third-order valence-corrected chi connectivity index (χ3v) is 4.84. The van der Waals surface area contributed by atoms with Crippen LogP contribution in [0.1, 0.15) is 58.6 Å². The molecule has 8 heteroatoms. The summed E-state index contributed by atoms with van der Waals surface area (Å²) in [7, 11) is 1.75. The van der Waals surface area contributed by atoms with Gasteiger partial charge in [-0.15, -0.1) is 34.2 Å². The highest BCUT2D eigenvalue weighted by atomic mass is 127. The van der Waals surface area contributed by atoms with Crippen molar-refractivity contribution in [2.45, 2.75) is 72.4 Å². The van der Waals surface area contributed by atoms with Crippen molar-refractivity contribution in [1.82, 2.24) is 25.4 Å². The zero-order valence-corrected chi connectivity index (χ0v) is 19.9. The lowest BCUT2D eigenvalue weighted by atomic mass is 9.89. The summed E-state index contributed by atoms with van der Waals surface area (Å²) in [5.74, 6) is 3.05. The highest BCUT2D eigenvalue weighted by Gasteiger charge is 2.24.